The predicted molar refractivity (Wildman–Crippen MR) is 77.8 cm³/mol. The molecule has 100 valence electrons. The molecule has 0 aliphatic rings. The van der Waals surface area contributed by atoms with Gasteiger partial charge in [0.15, 0.2) is 0 Å². The van der Waals surface area contributed by atoms with Crippen molar-refractivity contribution in [3.8, 4) is 0 Å². The number of halogens is 1. The van der Waals surface area contributed by atoms with Gasteiger partial charge in [-0.2, -0.15) is 11.3 Å². The number of aliphatic hydroxyl groups excluding tert-OH is 1. The highest BCUT2D eigenvalue weighted by Crippen LogP contribution is 2.17. The van der Waals surface area contributed by atoms with Crippen LogP contribution in [0, 0.1) is 6.92 Å². The highest BCUT2D eigenvalue weighted by Gasteiger charge is 2.11. The van der Waals surface area contributed by atoms with Gasteiger partial charge >= 0.3 is 0 Å². The molecule has 1 unspecified atom stereocenters. The zero-order chi connectivity index (χ0) is 13.8. The molecule has 3 nitrogen and oxygen atoms in total. The van der Waals surface area contributed by atoms with Crippen LogP contribution in [-0.2, 0) is 0 Å². The van der Waals surface area contributed by atoms with Gasteiger partial charge in [-0.15, -0.1) is 0 Å². The Hall–Kier alpha value is -1.36. The Labute approximate surface area is 120 Å². The second-order valence-corrected chi connectivity index (χ2v) is 5.43. The topological polar surface area (TPSA) is 49.3 Å². The average molecular weight is 296 g/mol. The first-order chi connectivity index (χ1) is 9.08. The lowest BCUT2D eigenvalue weighted by molar-refractivity contribution is 0.0916. The summed E-state index contributed by atoms with van der Waals surface area (Å²) in [7, 11) is 0. The Kier molecular flexibility index (Phi) is 4.58. The van der Waals surface area contributed by atoms with E-state index in [1.54, 1.807) is 18.2 Å². The van der Waals surface area contributed by atoms with Crippen molar-refractivity contribution in [2.45, 2.75) is 13.0 Å². The molecule has 5 heteroatoms. The van der Waals surface area contributed by atoms with Crippen molar-refractivity contribution in [1.29, 1.82) is 0 Å². The van der Waals surface area contributed by atoms with E-state index >= 15 is 0 Å². The normalized spacial score (nSPS) is 12.2. The van der Waals surface area contributed by atoms with Crippen LogP contribution in [0.1, 0.15) is 27.6 Å². The van der Waals surface area contributed by atoms with E-state index in [4.69, 9.17) is 11.6 Å². The molecular weight excluding hydrogens is 282 g/mol. The third kappa shape index (κ3) is 3.56. The molecule has 0 aliphatic carbocycles. The van der Waals surface area contributed by atoms with Crippen LogP contribution in [0.5, 0.6) is 0 Å². The number of hydrogen-bond acceptors (Lipinski definition) is 3. The first-order valence-electron chi connectivity index (χ1n) is 5.82. The molecule has 0 bridgehead atoms. The van der Waals surface area contributed by atoms with E-state index in [0.29, 0.717) is 10.6 Å². The average Bonchev–Trinajstić information content (AvgIpc) is 2.92. The number of carbonyl (C=O) groups excluding carboxylic acids is 1. The van der Waals surface area contributed by atoms with Crippen LogP contribution in [0.4, 0.5) is 0 Å². The lowest BCUT2D eigenvalue weighted by Gasteiger charge is -2.11. The number of benzene rings is 1. The smallest absolute Gasteiger partial charge is 0.251 e. The predicted octanol–water partition coefficient (Wildman–Crippen LogP) is 3.17. The molecule has 1 aromatic carbocycles. The lowest BCUT2D eigenvalue weighted by atomic mass is 10.1. The summed E-state index contributed by atoms with van der Waals surface area (Å²) in [6.45, 7) is 2.04. The fraction of sp³-hybridized carbons (Fsp3) is 0.214. The molecule has 0 radical (unpaired) electrons. The Morgan fingerprint density at radius 3 is 2.89 bits per heavy atom. The maximum absolute atomic E-state index is 11.9. The number of aryl methyl sites for hydroxylation is 1. The summed E-state index contributed by atoms with van der Waals surface area (Å²) in [5, 5.41) is 17.0. The molecule has 2 N–H and O–H groups in total. The molecule has 1 amide bonds. The molecule has 19 heavy (non-hydrogen) atoms. The van der Waals surface area contributed by atoms with Crippen molar-refractivity contribution in [3.63, 3.8) is 0 Å². The highest BCUT2D eigenvalue weighted by atomic mass is 35.5. The van der Waals surface area contributed by atoms with E-state index in [1.807, 2.05) is 23.8 Å². The summed E-state index contributed by atoms with van der Waals surface area (Å²) in [5.41, 5.74) is 2.21. The maximum atomic E-state index is 11.9. The number of aliphatic hydroxyl groups is 1. The third-order valence-electron chi connectivity index (χ3n) is 2.80. The lowest BCUT2D eigenvalue weighted by Crippen LogP contribution is -2.28. The van der Waals surface area contributed by atoms with E-state index in [0.717, 1.165) is 11.1 Å². The first kappa shape index (κ1) is 14.1. The van der Waals surface area contributed by atoms with Gasteiger partial charge in [-0.05, 0) is 53.1 Å². The van der Waals surface area contributed by atoms with Crippen LogP contribution in [0.25, 0.3) is 0 Å². The molecule has 0 fully saturated rings. The summed E-state index contributed by atoms with van der Waals surface area (Å²) in [6, 6.07) is 6.94. The Balaban J connectivity index is 1.96. The van der Waals surface area contributed by atoms with Gasteiger partial charge in [0, 0.05) is 17.1 Å². The monoisotopic (exact) mass is 295 g/mol. The van der Waals surface area contributed by atoms with Crippen LogP contribution < -0.4 is 5.32 Å². The van der Waals surface area contributed by atoms with E-state index in [2.05, 4.69) is 5.32 Å². The van der Waals surface area contributed by atoms with Crippen molar-refractivity contribution in [2.24, 2.45) is 0 Å². The van der Waals surface area contributed by atoms with E-state index in [9.17, 15) is 9.90 Å². The molecule has 0 spiro atoms. The Bertz CT molecular complexity index is 569. The third-order valence-corrected chi connectivity index (χ3v) is 3.93. The van der Waals surface area contributed by atoms with Gasteiger partial charge < -0.3 is 10.4 Å². The summed E-state index contributed by atoms with van der Waals surface area (Å²) in [4.78, 5) is 11.9. The van der Waals surface area contributed by atoms with Crippen molar-refractivity contribution in [2.75, 3.05) is 6.54 Å². The zero-order valence-electron chi connectivity index (χ0n) is 10.4. The van der Waals surface area contributed by atoms with Crippen molar-refractivity contribution in [1.82, 2.24) is 5.32 Å². The number of carbonyl (C=O) groups is 1. The van der Waals surface area contributed by atoms with Crippen molar-refractivity contribution < 1.29 is 9.90 Å². The minimum Gasteiger partial charge on any atom is -0.387 e. The number of rotatable bonds is 4. The van der Waals surface area contributed by atoms with Gasteiger partial charge in [0.1, 0.15) is 0 Å². The van der Waals surface area contributed by atoms with Crippen LogP contribution in [0.2, 0.25) is 5.02 Å². The number of amides is 1. The zero-order valence-corrected chi connectivity index (χ0v) is 12.0. The van der Waals surface area contributed by atoms with Crippen LogP contribution >= 0.6 is 22.9 Å². The van der Waals surface area contributed by atoms with E-state index < -0.39 is 6.10 Å². The molecule has 0 saturated heterocycles. The summed E-state index contributed by atoms with van der Waals surface area (Å²) in [6.07, 6.45) is -0.677. The molecule has 1 heterocycles. The van der Waals surface area contributed by atoms with Crippen LogP contribution in [-0.4, -0.2) is 17.6 Å². The molecular formula is C14H14ClNO2S. The fourth-order valence-electron chi connectivity index (χ4n) is 1.66. The van der Waals surface area contributed by atoms with Gasteiger partial charge in [0.05, 0.1) is 6.10 Å². The standard InChI is InChI=1S/C14H14ClNO2S/c1-9-6-10(2-3-12(9)15)14(18)16-7-13(17)11-4-5-19-8-11/h2-6,8,13,17H,7H2,1H3,(H,16,18). The van der Waals surface area contributed by atoms with Crippen molar-refractivity contribution in [3.05, 3.63) is 56.7 Å². The SMILES string of the molecule is Cc1cc(C(=O)NCC(O)c2ccsc2)ccc1Cl. The molecule has 1 aromatic heterocycles. The van der Waals surface area contributed by atoms with Gasteiger partial charge in [-0.1, -0.05) is 11.6 Å². The second-order valence-electron chi connectivity index (χ2n) is 4.25. The number of hydrogen-bond donors (Lipinski definition) is 2. The molecule has 2 rings (SSSR count). The van der Waals surface area contributed by atoms with Gasteiger partial charge in [0.25, 0.3) is 5.91 Å². The quantitative estimate of drug-likeness (QED) is 0.910. The summed E-state index contributed by atoms with van der Waals surface area (Å²) in [5.74, 6) is -0.214. The fourth-order valence-corrected chi connectivity index (χ4v) is 2.48. The molecule has 1 atom stereocenters. The molecule has 0 aliphatic heterocycles. The van der Waals surface area contributed by atoms with Crippen LogP contribution in [0.15, 0.2) is 35.0 Å². The highest BCUT2D eigenvalue weighted by molar-refractivity contribution is 7.07. The van der Waals surface area contributed by atoms with Gasteiger partial charge in [0.2, 0.25) is 0 Å². The van der Waals surface area contributed by atoms with Crippen molar-refractivity contribution >= 4 is 28.8 Å². The summed E-state index contributed by atoms with van der Waals surface area (Å²) >= 11 is 7.42. The summed E-state index contributed by atoms with van der Waals surface area (Å²) < 4.78 is 0. The van der Waals surface area contributed by atoms with Crippen LogP contribution in [0.3, 0.4) is 0 Å². The Morgan fingerprint density at radius 2 is 2.26 bits per heavy atom. The van der Waals surface area contributed by atoms with Gasteiger partial charge in [-0.25, -0.2) is 0 Å². The molecule has 0 saturated carbocycles. The minimum absolute atomic E-state index is 0.192. The largest absolute Gasteiger partial charge is 0.387 e. The maximum Gasteiger partial charge on any atom is 0.251 e. The van der Waals surface area contributed by atoms with E-state index in [-0.39, 0.29) is 12.5 Å². The van der Waals surface area contributed by atoms with Gasteiger partial charge in [-0.3, -0.25) is 4.79 Å². The Morgan fingerprint density at radius 1 is 1.47 bits per heavy atom. The molecule has 2 aromatic rings. The number of thiophene rings is 1. The number of nitrogens with one attached hydrogen (secondary N) is 1. The first-order valence-corrected chi connectivity index (χ1v) is 7.14. The minimum atomic E-state index is -0.677. The van der Waals surface area contributed by atoms with E-state index in [1.165, 1.54) is 11.3 Å². The second kappa shape index (κ2) is 6.19.